The molecule has 9 nitrogen and oxygen atoms in total. The summed E-state index contributed by atoms with van der Waals surface area (Å²) in [6, 6.07) is 5.28. The molecule has 2 atom stereocenters. The molecule has 234 valence electrons. The maximum atomic E-state index is 16.9. The van der Waals surface area contributed by atoms with Gasteiger partial charge >= 0.3 is 6.01 Å². The number of nitrogens with zero attached hydrogens (tertiary/aromatic N) is 5. The predicted octanol–water partition coefficient (Wildman–Crippen LogP) is 5.00. The Morgan fingerprint density at radius 3 is 2.80 bits per heavy atom. The molecule has 1 N–H and O–H groups in total. The standard InChI is InChI=1S/C33H32F3N5O4/c1-3-22-24(35)7-6-19-14-21(42)15-23(25(19)22)28-27(36)29-26(31(37-28)43-2)30(40-9-5-12-44-13-11-40)39-32(38-29)45-18-33-8-4-10-41(33)17-20(34)16-33/h1,6-7,14-15,20,42H,4-5,8-13,16-18H2,2H3. The predicted molar refractivity (Wildman–Crippen MR) is 163 cm³/mol. The van der Waals surface area contributed by atoms with Gasteiger partial charge in [0.2, 0.25) is 5.88 Å². The van der Waals surface area contributed by atoms with Crippen LogP contribution in [0.2, 0.25) is 0 Å². The summed E-state index contributed by atoms with van der Waals surface area (Å²) in [6.07, 6.45) is 7.53. The number of alkyl halides is 1. The van der Waals surface area contributed by atoms with Crippen LogP contribution in [0, 0.1) is 24.0 Å². The molecule has 0 amide bonds. The van der Waals surface area contributed by atoms with Gasteiger partial charge in [0.05, 0.1) is 24.8 Å². The zero-order valence-corrected chi connectivity index (χ0v) is 24.8. The van der Waals surface area contributed by atoms with Crippen molar-refractivity contribution in [3.05, 3.63) is 41.5 Å². The quantitative estimate of drug-likeness (QED) is 0.300. The van der Waals surface area contributed by atoms with E-state index in [0.717, 1.165) is 19.4 Å². The fourth-order valence-electron chi connectivity index (χ4n) is 7.08. The Morgan fingerprint density at radius 1 is 1.11 bits per heavy atom. The maximum Gasteiger partial charge on any atom is 0.319 e. The minimum atomic E-state index is -0.940. The van der Waals surface area contributed by atoms with Crippen LogP contribution in [0.25, 0.3) is 32.9 Å². The Bertz CT molecular complexity index is 1840. The van der Waals surface area contributed by atoms with Crippen molar-refractivity contribution in [3.63, 3.8) is 0 Å². The number of methoxy groups -OCH3 is 1. The molecule has 2 aromatic carbocycles. The molecule has 2 unspecified atom stereocenters. The molecule has 0 saturated carbocycles. The van der Waals surface area contributed by atoms with Crippen LogP contribution in [-0.2, 0) is 4.74 Å². The number of phenolic OH excluding ortho intramolecular Hbond substituents is 1. The zero-order valence-electron chi connectivity index (χ0n) is 24.8. The van der Waals surface area contributed by atoms with E-state index >= 15 is 4.39 Å². The third kappa shape index (κ3) is 5.04. The van der Waals surface area contributed by atoms with Crippen LogP contribution in [0.15, 0.2) is 24.3 Å². The van der Waals surface area contributed by atoms with Crippen LogP contribution >= 0.6 is 0 Å². The number of rotatable bonds is 6. The second-order valence-electron chi connectivity index (χ2n) is 11.8. The molecule has 3 fully saturated rings. The van der Waals surface area contributed by atoms with Gasteiger partial charge < -0.3 is 24.2 Å². The van der Waals surface area contributed by atoms with E-state index in [4.69, 9.17) is 25.6 Å². The number of halogens is 3. The molecule has 0 spiro atoms. The number of ether oxygens (including phenoxy) is 3. The van der Waals surface area contributed by atoms with E-state index in [1.807, 2.05) is 4.90 Å². The number of fused-ring (bicyclic) bond motifs is 3. The van der Waals surface area contributed by atoms with Crippen molar-refractivity contribution in [1.82, 2.24) is 19.9 Å². The monoisotopic (exact) mass is 619 g/mol. The van der Waals surface area contributed by atoms with E-state index in [2.05, 4.69) is 20.8 Å². The van der Waals surface area contributed by atoms with E-state index in [1.165, 1.54) is 31.4 Å². The van der Waals surface area contributed by atoms with Crippen LogP contribution < -0.4 is 14.4 Å². The van der Waals surface area contributed by atoms with E-state index in [0.29, 0.717) is 56.9 Å². The normalized spacial score (nSPS) is 22.0. The smallest absolute Gasteiger partial charge is 0.319 e. The van der Waals surface area contributed by atoms with Gasteiger partial charge in [0, 0.05) is 43.6 Å². The number of aromatic hydroxyl groups is 1. The fraction of sp³-hybridized carbons (Fsp3) is 0.424. The number of hydrogen-bond donors (Lipinski definition) is 1. The lowest BCUT2D eigenvalue weighted by Crippen LogP contribution is -2.43. The first-order chi connectivity index (χ1) is 21.8. The minimum absolute atomic E-state index is 0.0277. The summed E-state index contributed by atoms with van der Waals surface area (Å²) in [5, 5.41) is 11.4. The van der Waals surface area contributed by atoms with Crippen LogP contribution in [0.3, 0.4) is 0 Å². The molecule has 45 heavy (non-hydrogen) atoms. The number of aromatic nitrogens is 3. The number of hydrogen-bond acceptors (Lipinski definition) is 9. The molecule has 3 aliphatic heterocycles. The summed E-state index contributed by atoms with van der Waals surface area (Å²) in [6.45, 7) is 3.35. The Morgan fingerprint density at radius 2 is 1.98 bits per heavy atom. The molecule has 3 saturated heterocycles. The fourth-order valence-corrected chi connectivity index (χ4v) is 7.08. The molecule has 0 radical (unpaired) electrons. The molecule has 0 bridgehead atoms. The SMILES string of the molecule is C#Cc1c(F)ccc2cc(O)cc(-c3nc(OC)c4c(N5CCCOCC5)nc(OCC56CCCN5CC(F)C6)nc4c3F)c12. The summed E-state index contributed by atoms with van der Waals surface area (Å²) in [5.41, 5.74) is -0.866. The van der Waals surface area contributed by atoms with Crippen molar-refractivity contribution in [3.8, 4) is 41.2 Å². The highest BCUT2D eigenvalue weighted by Gasteiger charge is 2.49. The van der Waals surface area contributed by atoms with Crippen molar-refractivity contribution in [1.29, 1.82) is 0 Å². The first-order valence-electron chi connectivity index (χ1n) is 15.0. The summed E-state index contributed by atoms with van der Waals surface area (Å²) in [5.74, 6) is 1.03. The average molecular weight is 620 g/mol. The van der Waals surface area contributed by atoms with Gasteiger partial charge in [-0.3, -0.25) is 4.90 Å². The van der Waals surface area contributed by atoms with Crippen LogP contribution in [-0.4, -0.2) is 89.8 Å². The first-order valence-corrected chi connectivity index (χ1v) is 15.0. The molecule has 3 aliphatic rings. The van der Waals surface area contributed by atoms with Gasteiger partial charge in [-0.25, -0.2) is 18.2 Å². The molecular weight excluding hydrogens is 587 g/mol. The molecule has 4 aromatic rings. The second-order valence-corrected chi connectivity index (χ2v) is 11.8. The van der Waals surface area contributed by atoms with Gasteiger partial charge in [0.25, 0.3) is 0 Å². The van der Waals surface area contributed by atoms with Gasteiger partial charge in [0.1, 0.15) is 46.8 Å². The molecule has 2 aromatic heterocycles. The molecular formula is C33H32F3N5O4. The summed E-state index contributed by atoms with van der Waals surface area (Å²) in [4.78, 5) is 17.9. The van der Waals surface area contributed by atoms with Crippen molar-refractivity contribution >= 4 is 27.5 Å². The number of anilines is 1. The molecule has 0 aliphatic carbocycles. The number of pyridine rings is 1. The molecule has 12 heteroatoms. The van der Waals surface area contributed by atoms with Gasteiger partial charge in [-0.05, 0) is 49.4 Å². The second kappa shape index (κ2) is 11.5. The van der Waals surface area contributed by atoms with E-state index in [1.54, 1.807) is 0 Å². The highest BCUT2D eigenvalue weighted by molar-refractivity contribution is 6.04. The van der Waals surface area contributed by atoms with Crippen molar-refractivity contribution in [2.24, 2.45) is 0 Å². The third-order valence-electron chi connectivity index (χ3n) is 9.11. The number of terminal acetylenes is 1. The third-order valence-corrected chi connectivity index (χ3v) is 9.11. The van der Waals surface area contributed by atoms with Gasteiger partial charge in [-0.15, -0.1) is 6.42 Å². The number of benzene rings is 2. The van der Waals surface area contributed by atoms with Gasteiger partial charge in [0.15, 0.2) is 5.82 Å². The summed E-state index contributed by atoms with van der Waals surface area (Å²) in [7, 11) is 1.40. The van der Waals surface area contributed by atoms with Crippen LogP contribution in [0.1, 0.15) is 31.2 Å². The lowest BCUT2D eigenvalue weighted by molar-refractivity contribution is 0.107. The Balaban J connectivity index is 1.43. The van der Waals surface area contributed by atoms with E-state index < -0.39 is 23.3 Å². The highest BCUT2D eigenvalue weighted by atomic mass is 19.1. The number of phenols is 1. The van der Waals surface area contributed by atoms with E-state index in [-0.39, 0.29) is 57.4 Å². The van der Waals surface area contributed by atoms with E-state index in [9.17, 15) is 13.9 Å². The van der Waals surface area contributed by atoms with Crippen molar-refractivity contribution in [2.75, 3.05) is 58.0 Å². The van der Waals surface area contributed by atoms with Crippen LogP contribution in [0.5, 0.6) is 17.6 Å². The lowest BCUT2D eigenvalue weighted by Gasteiger charge is -2.31. The Hall–Kier alpha value is -4.34. The zero-order chi connectivity index (χ0) is 31.3. The topological polar surface area (TPSA) is 93.1 Å². The van der Waals surface area contributed by atoms with Crippen LogP contribution in [0.4, 0.5) is 19.0 Å². The molecule has 7 rings (SSSR count). The van der Waals surface area contributed by atoms with Crippen molar-refractivity contribution < 1.29 is 32.5 Å². The van der Waals surface area contributed by atoms with Crippen molar-refractivity contribution in [2.45, 2.75) is 37.4 Å². The summed E-state index contributed by atoms with van der Waals surface area (Å²) >= 11 is 0. The first kappa shape index (κ1) is 29.4. The lowest BCUT2D eigenvalue weighted by atomic mass is 9.95. The summed E-state index contributed by atoms with van der Waals surface area (Å²) < 4.78 is 63.8. The maximum absolute atomic E-state index is 16.9. The van der Waals surface area contributed by atoms with Gasteiger partial charge in [-0.2, -0.15) is 9.97 Å². The molecule has 5 heterocycles. The minimum Gasteiger partial charge on any atom is -0.508 e. The Kier molecular flexibility index (Phi) is 7.54. The Labute approximate surface area is 257 Å². The largest absolute Gasteiger partial charge is 0.508 e. The average Bonchev–Trinajstić information content (AvgIpc) is 3.41. The van der Waals surface area contributed by atoms with Gasteiger partial charge in [-0.1, -0.05) is 12.0 Å². The highest BCUT2D eigenvalue weighted by Crippen LogP contribution is 2.43.